The van der Waals surface area contributed by atoms with E-state index in [2.05, 4.69) is 5.32 Å². The van der Waals surface area contributed by atoms with E-state index in [9.17, 15) is 14.4 Å². The highest BCUT2D eigenvalue weighted by atomic mass is 16.5. The second kappa shape index (κ2) is 7.10. The molecule has 0 aliphatic carbocycles. The van der Waals surface area contributed by atoms with Crippen molar-refractivity contribution in [2.24, 2.45) is 5.73 Å². The van der Waals surface area contributed by atoms with Crippen LogP contribution < -0.4 is 11.1 Å². The number of nitrogens with one attached hydrogen (secondary N) is 1. The molecule has 0 atom stereocenters. The minimum Gasteiger partial charge on any atom is -0.454 e. The summed E-state index contributed by atoms with van der Waals surface area (Å²) in [5, 5.41) is 3.23. The minimum atomic E-state index is -0.702. The van der Waals surface area contributed by atoms with E-state index in [-0.39, 0.29) is 11.3 Å². The van der Waals surface area contributed by atoms with E-state index in [1.807, 2.05) is 18.2 Å². The van der Waals surface area contributed by atoms with Crippen molar-refractivity contribution in [3.63, 3.8) is 0 Å². The van der Waals surface area contributed by atoms with Gasteiger partial charge in [-0.15, -0.1) is 0 Å². The molecule has 3 aromatic rings. The fourth-order valence-electron chi connectivity index (χ4n) is 2.55. The number of aryl methyl sites for hydroxylation is 1. The number of benzene rings is 2. The predicted molar refractivity (Wildman–Crippen MR) is 95.2 cm³/mol. The Hall–Kier alpha value is -3.61. The van der Waals surface area contributed by atoms with E-state index in [0.29, 0.717) is 16.8 Å². The molecule has 0 saturated carbocycles. The lowest BCUT2D eigenvalue weighted by Gasteiger charge is -2.05. The van der Waals surface area contributed by atoms with Crippen LogP contribution in [0.2, 0.25) is 0 Å². The molecule has 1 heterocycles. The number of para-hydroxylation sites is 1. The van der Waals surface area contributed by atoms with Crippen LogP contribution in [0.4, 0.5) is 10.5 Å². The number of fused-ring (bicyclic) bond motifs is 1. The average molecular weight is 352 g/mol. The number of rotatable bonds is 5. The third kappa shape index (κ3) is 3.56. The van der Waals surface area contributed by atoms with Crippen LogP contribution >= 0.6 is 0 Å². The molecule has 7 nitrogen and oxygen atoms in total. The lowest BCUT2D eigenvalue weighted by atomic mass is 10.1. The Kier molecular flexibility index (Phi) is 4.70. The molecule has 2 aromatic carbocycles. The van der Waals surface area contributed by atoms with E-state index < -0.39 is 24.4 Å². The molecule has 7 heteroatoms. The van der Waals surface area contributed by atoms with E-state index in [1.54, 1.807) is 13.0 Å². The minimum absolute atomic E-state index is 0.181. The van der Waals surface area contributed by atoms with Gasteiger partial charge in [0.05, 0.1) is 5.56 Å². The monoisotopic (exact) mass is 352 g/mol. The van der Waals surface area contributed by atoms with Gasteiger partial charge in [-0.1, -0.05) is 18.2 Å². The Morgan fingerprint density at radius 1 is 1.08 bits per heavy atom. The number of ketones is 1. The summed E-state index contributed by atoms with van der Waals surface area (Å²) < 4.78 is 10.6. The van der Waals surface area contributed by atoms with E-state index in [0.717, 1.165) is 5.39 Å². The summed E-state index contributed by atoms with van der Waals surface area (Å²) in [4.78, 5) is 35.1. The third-order valence-electron chi connectivity index (χ3n) is 3.82. The normalized spacial score (nSPS) is 10.5. The lowest BCUT2D eigenvalue weighted by molar-refractivity contribution is 0.0468. The van der Waals surface area contributed by atoms with Crippen molar-refractivity contribution in [2.75, 3.05) is 11.9 Å². The number of carbonyl (C=O) groups is 3. The van der Waals surface area contributed by atoms with Crippen molar-refractivity contribution in [3.8, 4) is 0 Å². The maximum absolute atomic E-state index is 12.3. The molecule has 0 aliphatic heterocycles. The smallest absolute Gasteiger partial charge is 0.338 e. The summed E-state index contributed by atoms with van der Waals surface area (Å²) in [6.07, 6.45) is 0. The van der Waals surface area contributed by atoms with Gasteiger partial charge in [0.15, 0.2) is 12.4 Å². The standard InChI is InChI=1S/C19H16N2O5/c1-11-14-4-2-3-5-16(14)26-17(11)15(22)10-25-18(23)12-6-8-13(9-7-12)21-19(20)24/h2-9H,10H2,1H3,(H3,20,21,24). The molecule has 2 amide bonds. The van der Waals surface area contributed by atoms with Gasteiger partial charge in [0.2, 0.25) is 5.78 Å². The van der Waals surface area contributed by atoms with Crippen LogP contribution in [-0.4, -0.2) is 24.4 Å². The molecule has 0 unspecified atom stereocenters. The van der Waals surface area contributed by atoms with Gasteiger partial charge in [-0.3, -0.25) is 4.79 Å². The molecule has 0 bridgehead atoms. The van der Waals surface area contributed by atoms with Crippen molar-refractivity contribution in [1.29, 1.82) is 0 Å². The molecule has 3 rings (SSSR count). The SMILES string of the molecule is Cc1c(C(=O)COC(=O)c2ccc(NC(N)=O)cc2)oc2ccccc12. The van der Waals surface area contributed by atoms with Crippen LogP contribution in [0.5, 0.6) is 0 Å². The van der Waals surface area contributed by atoms with Gasteiger partial charge < -0.3 is 20.2 Å². The zero-order chi connectivity index (χ0) is 18.7. The number of nitrogens with two attached hydrogens (primary N) is 1. The van der Waals surface area contributed by atoms with Gasteiger partial charge in [-0.25, -0.2) is 9.59 Å². The summed E-state index contributed by atoms with van der Waals surface area (Å²) in [5.41, 5.74) is 7.02. The zero-order valence-electron chi connectivity index (χ0n) is 13.9. The molecule has 0 radical (unpaired) electrons. The number of Topliss-reactive ketones (excluding diaryl/α,β-unsaturated/α-hetero) is 1. The molecular formula is C19H16N2O5. The molecule has 0 fully saturated rings. The molecule has 132 valence electrons. The topological polar surface area (TPSA) is 112 Å². The average Bonchev–Trinajstić information content (AvgIpc) is 2.97. The Balaban J connectivity index is 1.66. The Morgan fingerprint density at radius 3 is 2.42 bits per heavy atom. The first-order chi connectivity index (χ1) is 12.5. The maximum atomic E-state index is 12.3. The van der Waals surface area contributed by atoms with Gasteiger partial charge in [0.1, 0.15) is 5.58 Å². The quantitative estimate of drug-likeness (QED) is 0.541. The van der Waals surface area contributed by atoms with E-state index >= 15 is 0 Å². The summed E-state index contributed by atoms with van der Waals surface area (Å²) in [6.45, 7) is 1.35. The number of urea groups is 1. The fourth-order valence-corrected chi connectivity index (χ4v) is 2.55. The third-order valence-corrected chi connectivity index (χ3v) is 3.82. The summed E-state index contributed by atoms with van der Waals surface area (Å²) in [6, 6.07) is 12.5. The number of carbonyl (C=O) groups excluding carboxylic acids is 3. The summed E-state index contributed by atoms with van der Waals surface area (Å²) >= 11 is 0. The van der Waals surface area contributed by atoms with Crippen LogP contribution in [0.3, 0.4) is 0 Å². The van der Waals surface area contributed by atoms with Crippen molar-refractivity contribution in [3.05, 3.63) is 65.4 Å². The van der Waals surface area contributed by atoms with Crippen LogP contribution in [0.1, 0.15) is 26.5 Å². The van der Waals surface area contributed by atoms with Crippen LogP contribution in [0.25, 0.3) is 11.0 Å². The highest BCUT2D eigenvalue weighted by Crippen LogP contribution is 2.25. The Bertz CT molecular complexity index is 989. The fraction of sp³-hybridized carbons (Fsp3) is 0.105. The molecule has 3 N–H and O–H groups in total. The molecular weight excluding hydrogens is 336 g/mol. The summed E-state index contributed by atoms with van der Waals surface area (Å²) in [7, 11) is 0. The van der Waals surface area contributed by atoms with Crippen molar-refractivity contribution < 1.29 is 23.5 Å². The first-order valence-electron chi connectivity index (χ1n) is 7.80. The molecule has 26 heavy (non-hydrogen) atoms. The van der Waals surface area contributed by atoms with E-state index in [4.69, 9.17) is 14.9 Å². The molecule has 1 aromatic heterocycles. The number of ether oxygens (including phenoxy) is 1. The lowest BCUT2D eigenvalue weighted by Crippen LogP contribution is -2.19. The second-order valence-corrected chi connectivity index (χ2v) is 5.62. The van der Waals surface area contributed by atoms with Crippen LogP contribution in [0, 0.1) is 6.92 Å². The first kappa shape index (κ1) is 17.2. The number of primary amides is 1. The van der Waals surface area contributed by atoms with Gasteiger partial charge in [0, 0.05) is 16.6 Å². The van der Waals surface area contributed by atoms with Crippen molar-refractivity contribution >= 4 is 34.4 Å². The first-order valence-corrected chi connectivity index (χ1v) is 7.80. The Morgan fingerprint density at radius 2 is 1.77 bits per heavy atom. The maximum Gasteiger partial charge on any atom is 0.338 e. The number of anilines is 1. The molecule has 0 aliphatic rings. The number of hydrogen-bond acceptors (Lipinski definition) is 5. The van der Waals surface area contributed by atoms with Crippen molar-refractivity contribution in [2.45, 2.75) is 6.92 Å². The zero-order valence-corrected chi connectivity index (χ0v) is 13.9. The highest BCUT2D eigenvalue weighted by molar-refractivity contribution is 6.02. The van der Waals surface area contributed by atoms with Crippen molar-refractivity contribution in [1.82, 2.24) is 0 Å². The van der Waals surface area contributed by atoms with Gasteiger partial charge >= 0.3 is 12.0 Å². The van der Waals surface area contributed by atoms with Crippen LogP contribution in [0.15, 0.2) is 52.9 Å². The highest BCUT2D eigenvalue weighted by Gasteiger charge is 2.19. The van der Waals surface area contributed by atoms with Gasteiger partial charge in [-0.2, -0.15) is 0 Å². The molecule has 0 saturated heterocycles. The number of furan rings is 1. The number of esters is 1. The summed E-state index contributed by atoms with van der Waals surface area (Å²) in [5.74, 6) is -0.892. The van der Waals surface area contributed by atoms with E-state index in [1.165, 1.54) is 24.3 Å². The van der Waals surface area contributed by atoms with Gasteiger partial charge in [0.25, 0.3) is 0 Å². The number of hydrogen-bond donors (Lipinski definition) is 2. The van der Waals surface area contributed by atoms with Gasteiger partial charge in [-0.05, 0) is 37.3 Å². The predicted octanol–water partition coefficient (Wildman–Crippen LogP) is 3.27. The Labute approximate surface area is 148 Å². The number of amides is 2. The largest absolute Gasteiger partial charge is 0.454 e. The second-order valence-electron chi connectivity index (χ2n) is 5.62. The molecule has 0 spiro atoms. The van der Waals surface area contributed by atoms with Crippen LogP contribution in [-0.2, 0) is 4.74 Å².